The van der Waals surface area contributed by atoms with Crippen LogP contribution in [0.1, 0.15) is 26.2 Å². The van der Waals surface area contributed by atoms with Gasteiger partial charge in [0.25, 0.3) is 0 Å². The minimum Gasteiger partial charge on any atom is -0.505 e. The van der Waals surface area contributed by atoms with Crippen LogP contribution in [0.5, 0.6) is 11.5 Å². The summed E-state index contributed by atoms with van der Waals surface area (Å²) in [5.74, 6) is 0.878. The Kier molecular flexibility index (Phi) is 3.92. The summed E-state index contributed by atoms with van der Waals surface area (Å²) < 4.78 is 5.77. The molecule has 0 aromatic heterocycles. The fourth-order valence-electron chi connectivity index (χ4n) is 2.00. The number of phenolic OH excluding ortho intramolecular Hbond substituents is 1. The van der Waals surface area contributed by atoms with Gasteiger partial charge in [0.05, 0.1) is 12.3 Å². The molecule has 0 atom stereocenters. The number of nitrogens with two attached hydrogens (primary N) is 1. The Morgan fingerprint density at radius 3 is 2.61 bits per heavy atom. The van der Waals surface area contributed by atoms with Gasteiger partial charge in [0.1, 0.15) is 11.5 Å². The van der Waals surface area contributed by atoms with Crippen LogP contribution in [0.3, 0.4) is 0 Å². The van der Waals surface area contributed by atoms with Crippen LogP contribution in [-0.4, -0.2) is 11.7 Å². The van der Waals surface area contributed by atoms with Crippen molar-refractivity contribution in [2.75, 3.05) is 12.3 Å². The molecule has 0 amide bonds. The Balaban J connectivity index is 2.29. The topological polar surface area (TPSA) is 55.5 Å². The molecule has 3 N–H and O–H groups in total. The summed E-state index contributed by atoms with van der Waals surface area (Å²) in [6, 6.07) is 9.28. The fraction of sp³-hybridized carbons (Fsp3) is 0.333. The zero-order chi connectivity index (χ0) is 13.0. The normalized spacial score (nSPS) is 10.7. The zero-order valence-corrected chi connectivity index (χ0v) is 10.6. The van der Waals surface area contributed by atoms with Gasteiger partial charge in [-0.15, -0.1) is 0 Å². The van der Waals surface area contributed by atoms with E-state index >= 15 is 0 Å². The number of nitrogen functional groups attached to an aromatic ring is 1. The number of unbranched alkanes of at least 4 members (excludes halogenated alkanes) is 2. The van der Waals surface area contributed by atoms with Crippen LogP contribution >= 0.6 is 0 Å². The number of fused-ring (bicyclic) bond motifs is 1. The molecule has 0 aliphatic rings. The number of aromatic hydroxyl groups is 1. The van der Waals surface area contributed by atoms with E-state index in [2.05, 4.69) is 6.92 Å². The van der Waals surface area contributed by atoms with Crippen molar-refractivity contribution in [3.63, 3.8) is 0 Å². The lowest BCUT2D eigenvalue weighted by Crippen LogP contribution is -1.99. The second-order valence-corrected chi connectivity index (χ2v) is 4.41. The lowest BCUT2D eigenvalue weighted by Gasteiger charge is -2.12. The van der Waals surface area contributed by atoms with E-state index < -0.39 is 0 Å². The van der Waals surface area contributed by atoms with Crippen molar-refractivity contribution in [2.45, 2.75) is 26.2 Å². The molecule has 0 bridgehead atoms. The van der Waals surface area contributed by atoms with E-state index in [9.17, 15) is 5.11 Å². The summed E-state index contributed by atoms with van der Waals surface area (Å²) in [6.45, 7) is 2.84. The molecular formula is C15H19NO2. The minimum absolute atomic E-state index is 0.131. The third-order valence-electron chi connectivity index (χ3n) is 3.01. The van der Waals surface area contributed by atoms with E-state index in [-0.39, 0.29) is 5.75 Å². The summed E-state index contributed by atoms with van der Waals surface area (Å²) in [5.41, 5.74) is 6.15. The minimum atomic E-state index is 0.131. The molecule has 3 nitrogen and oxygen atoms in total. The van der Waals surface area contributed by atoms with Gasteiger partial charge in [0.2, 0.25) is 0 Å². The molecule has 0 spiro atoms. The molecule has 18 heavy (non-hydrogen) atoms. The van der Waals surface area contributed by atoms with Crippen LogP contribution < -0.4 is 10.5 Å². The Labute approximate surface area is 107 Å². The molecule has 0 unspecified atom stereocenters. The number of rotatable bonds is 5. The molecule has 3 heteroatoms. The molecule has 0 heterocycles. The quantitative estimate of drug-likeness (QED) is 0.480. The van der Waals surface area contributed by atoms with Crippen molar-refractivity contribution in [2.24, 2.45) is 0 Å². The molecule has 0 fully saturated rings. The van der Waals surface area contributed by atoms with E-state index in [1.807, 2.05) is 24.3 Å². The number of anilines is 1. The number of phenols is 1. The van der Waals surface area contributed by atoms with Gasteiger partial charge in [-0.25, -0.2) is 0 Å². The predicted molar refractivity (Wildman–Crippen MR) is 75.0 cm³/mol. The van der Waals surface area contributed by atoms with Gasteiger partial charge in [-0.2, -0.15) is 0 Å². The van der Waals surface area contributed by atoms with Crippen molar-refractivity contribution < 1.29 is 9.84 Å². The summed E-state index contributed by atoms with van der Waals surface area (Å²) in [6.07, 6.45) is 3.36. The first-order valence-corrected chi connectivity index (χ1v) is 6.37. The maximum absolute atomic E-state index is 9.91. The van der Waals surface area contributed by atoms with Gasteiger partial charge >= 0.3 is 0 Å². The average Bonchev–Trinajstić information content (AvgIpc) is 2.40. The number of hydrogen-bond donors (Lipinski definition) is 2. The van der Waals surface area contributed by atoms with Gasteiger partial charge in [-0.3, -0.25) is 0 Å². The van der Waals surface area contributed by atoms with Crippen molar-refractivity contribution in [3.05, 3.63) is 30.3 Å². The molecule has 0 saturated carbocycles. The third kappa shape index (κ3) is 2.50. The molecule has 0 aliphatic heterocycles. The second-order valence-electron chi connectivity index (χ2n) is 4.41. The van der Waals surface area contributed by atoms with Crippen LogP contribution in [0.2, 0.25) is 0 Å². The molecule has 96 valence electrons. The van der Waals surface area contributed by atoms with Gasteiger partial charge in [0.15, 0.2) is 0 Å². The number of benzene rings is 2. The van der Waals surface area contributed by atoms with Gasteiger partial charge < -0.3 is 15.6 Å². The van der Waals surface area contributed by atoms with Crippen LogP contribution in [-0.2, 0) is 0 Å². The van der Waals surface area contributed by atoms with Gasteiger partial charge in [-0.05, 0) is 6.42 Å². The lowest BCUT2D eigenvalue weighted by molar-refractivity contribution is 0.309. The summed E-state index contributed by atoms with van der Waals surface area (Å²) in [5, 5.41) is 11.6. The zero-order valence-electron chi connectivity index (χ0n) is 10.6. The highest BCUT2D eigenvalue weighted by Gasteiger charge is 2.09. The van der Waals surface area contributed by atoms with Crippen LogP contribution in [0.4, 0.5) is 5.69 Å². The third-order valence-corrected chi connectivity index (χ3v) is 3.01. The molecule has 2 aromatic carbocycles. The van der Waals surface area contributed by atoms with Crippen LogP contribution in [0, 0.1) is 0 Å². The Morgan fingerprint density at radius 1 is 1.17 bits per heavy atom. The summed E-state index contributed by atoms with van der Waals surface area (Å²) in [7, 11) is 0. The highest BCUT2D eigenvalue weighted by molar-refractivity contribution is 5.97. The largest absolute Gasteiger partial charge is 0.505 e. The van der Waals surface area contributed by atoms with Crippen molar-refractivity contribution in [3.8, 4) is 11.5 Å². The number of ether oxygens (including phenoxy) is 1. The van der Waals surface area contributed by atoms with E-state index in [0.29, 0.717) is 12.3 Å². The standard InChI is InChI=1S/C15H19NO2/c1-2-3-6-9-18-14-10-13(16)15(17)12-8-5-4-7-11(12)14/h4-5,7-8,10,17H,2-3,6,9,16H2,1H3. The molecule has 0 saturated heterocycles. The SMILES string of the molecule is CCCCCOc1cc(N)c(O)c2ccccc12. The molecule has 2 aromatic rings. The molecule has 0 radical (unpaired) electrons. The summed E-state index contributed by atoms with van der Waals surface area (Å²) >= 11 is 0. The van der Waals surface area contributed by atoms with E-state index in [4.69, 9.17) is 10.5 Å². The molecular weight excluding hydrogens is 226 g/mol. The highest BCUT2D eigenvalue weighted by atomic mass is 16.5. The lowest BCUT2D eigenvalue weighted by atomic mass is 10.1. The van der Waals surface area contributed by atoms with Crippen molar-refractivity contribution in [1.29, 1.82) is 0 Å². The number of hydrogen-bond acceptors (Lipinski definition) is 3. The first kappa shape index (κ1) is 12.6. The monoisotopic (exact) mass is 245 g/mol. The van der Waals surface area contributed by atoms with Gasteiger partial charge in [0, 0.05) is 16.8 Å². The van der Waals surface area contributed by atoms with Gasteiger partial charge in [-0.1, -0.05) is 44.0 Å². The molecule has 0 aliphatic carbocycles. The smallest absolute Gasteiger partial charge is 0.146 e. The van der Waals surface area contributed by atoms with Crippen molar-refractivity contribution >= 4 is 16.5 Å². The highest BCUT2D eigenvalue weighted by Crippen LogP contribution is 2.37. The van der Waals surface area contributed by atoms with E-state index in [1.165, 1.54) is 6.42 Å². The Hall–Kier alpha value is -1.90. The predicted octanol–water partition coefficient (Wildman–Crippen LogP) is 3.70. The van der Waals surface area contributed by atoms with Crippen LogP contribution in [0.25, 0.3) is 10.8 Å². The Morgan fingerprint density at radius 2 is 1.89 bits per heavy atom. The maximum Gasteiger partial charge on any atom is 0.146 e. The average molecular weight is 245 g/mol. The Bertz CT molecular complexity index is 537. The second kappa shape index (κ2) is 5.63. The summed E-state index contributed by atoms with van der Waals surface area (Å²) in [4.78, 5) is 0. The van der Waals surface area contributed by atoms with E-state index in [0.717, 1.165) is 29.4 Å². The van der Waals surface area contributed by atoms with Crippen molar-refractivity contribution in [1.82, 2.24) is 0 Å². The maximum atomic E-state index is 9.91. The first-order valence-electron chi connectivity index (χ1n) is 6.37. The molecule has 2 rings (SSSR count). The fourth-order valence-corrected chi connectivity index (χ4v) is 2.00. The van der Waals surface area contributed by atoms with Crippen LogP contribution in [0.15, 0.2) is 30.3 Å². The van der Waals surface area contributed by atoms with E-state index in [1.54, 1.807) is 6.07 Å². The first-order chi connectivity index (χ1) is 8.74.